The van der Waals surface area contributed by atoms with Crippen molar-refractivity contribution in [2.24, 2.45) is 50.7 Å². The van der Waals surface area contributed by atoms with E-state index in [1.54, 1.807) is 9.24 Å². The van der Waals surface area contributed by atoms with Crippen LogP contribution >= 0.6 is 9.24 Å². The van der Waals surface area contributed by atoms with Gasteiger partial charge in [0.25, 0.3) is 0 Å². The van der Waals surface area contributed by atoms with Crippen LogP contribution in [0, 0.1) is 50.7 Å². The van der Waals surface area contributed by atoms with Crippen LogP contribution in [-0.2, 0) is 9.53 Å². The molecule has 1 N–H and O–H groups in total. The zero-order chi connectivity index (χ0) is 23.7. The number of fused-ring (bicyclic) bond motifs is 5. The van der Waals surface area contributed by atoms with Gasteiger partial charge in [-0.2, -0.15) is 0 Å². The van der Waals surface area contributed by atoms with E-state index in [9.17, 15) is 9.90 Å². The predicted molar refractivity (Wildman–Crippen MR) is 136 cm³/mol. The summed E-state index contributed by atoms with van der Waals surface area (Å²) in [5.41, 5.74) is 1.15. The monoisotopic (exact) mass is 465 g/mol. The molecule has 4 heteroatoms. The van der Waals surface area contributed by atoms with Crippen LogP contribution in [0.25, 0.3) is 0 Å². The molecule has 1 unspecified atom stereocenters. The normalized spacial score (nSPS) is 52.4. The zero-order valence-electron chi connectivity index (χ0n) is 21.9. The molecule has 0 heterocycles. The number of aliphatic hydroxyl groups is 1. The fraction of sp³-hybridized carbons (Fsp3) is 0.964. The van der Waals surface area contributed by atoms with E-state index < -0.39 is 0 Å². The van der Waals surface area contributed by atoms with Crippen molar-refractivity contribution >= 4 is 15.2 Å². The highest BCUT2D eigenvalue weighted by molar-refractivity contribution is 7.18. The van der Waals surface area contributed by atoms with Gasteiger partial charge >= 0.3 is 5.97 Å². The Hall–Kier alpha value is -0.140. The fourth-order valence-electron chi connectivity index (χ4n) is 10.1. The van der Waals surface area contributed by atoms with Crippen LogP contribution in [0.3, 0.4) is 0 Å². The molecule has 4 aliphatic carbocycles. The molecule has 10 atom stereocenters. The maximum absolute atomic E-state index is 12.2. The van der Waals surface area contributed by atoms with Gasteiger partial charge in [0.15, 0.2) is 0 Å². The maximum Gasteiger partial charge on any atom is 0.343 e. The number of carbonyl (C=O) groups is 1. The molecule has 0 spiro atoms. The zero-order valence-corrected chi connectivity index (χ0v) is 23.3. The highest BCUT2D eigenvalue weighted by Crippen LogP contribution is 2.75. The smallest absolute Gasteiger partial charge is 0.343 e. The van der Waals surface area contributed by atoms with Crippen LogP contribution in [0.4, 0.5) is 0 Å². The van der Waals surface area contributed by atoms with Gasteiger partial charge in [-0.05, 0) is 106 Å². The first-order chi connectivity index (χ1) is 14.8. The van der Waals surface area contributed by atoms with Gasteiger partial charge in [-0.25, -0.2) is 4.79 Å². The first kappa shape index (κ1) is 25.0. The van der Waals surface area contributed by atoms with Crippen molar-refractivity contribution in [2.45, 2.75) is 106 Å². The lowest BCUT2D eigenvalue weighted by molar-refractivity contribution is -0.249. The summed E-state index contributed by atoms with van der Waals surface area (Å²) in [6, 6.07) is 0. The minimum atomic E-state index is -0.0261. The number of rotatable bonds is 3. The lowest BCUT2D eigenvalue weighted by atomic mass is 9.32. The van der Waals surface area contributed by atoms with E-state index in [1.807, 2.05) is 0 Å². The highest BCUT2D eigenvalue weighted by Gasteiger charge is 2.69. The van der Waals surface area contributed by atoms with E-state index in [-0.39, 0.29) is 22.9 Å². The van der Waals surface area contributed by atoms with Gasteiger partial charge in [-0.15, -0.1) is 0 Å². The molecule has 0 amide bonds. The van der Waals surface area contributed by atoms with E-state index in [2.05, 4.69) is 48.5 Å². The van der Waals surface area contributed by atoms with Gasteiger partial charge in [0.1, 0.15) is 12.3 Å². The van der Waals surface area contributed by atoms with Crippen LogP contribution < -0.4 is 0 Å². The SMILES string of the molecule is C[C@@H]1[C@H]2CC[C@@H]3[C@@]4(C)CC[C@H](OC(=O)C[PH3+])C(C)(C)[C@@H]4CC[C@@]3(C)[C@]2(C)CC[C@]1(C)CO. The summed E-state index contributed by atoms with van der Waals surface area (Å²) in [5.74, 6) is 2.62. The Balaban J connectivity index is 1.66. The number of aliphatic hydroxyl groups excluding tert-OH is 1. The number of hydrogen-bond acceptors (Lipinski definition) is 3. The molecule has 184 valence electrons. The lowest BCUT2D eigenvalue weighted by Crippen LogP contribution is -2.66. The second kappa shape index (κ2) is 7.94. The molecule has 4 rings (SSSR count). The second-order valence-corrected chi connectivity index (χ2v) is 14.4. The minimum absolute atomic E-state index is 0.0261. The molecule has 4 fully saturated rings. The Kier molecular flexibility index (Phi) is 6.20. The molecule has 32 heavy (non-hydrogen) atoms. The molecule has 0 saturated heterocycles. The van der Waals surface area contributed by atoms with Crippen molar-refractivity contribution < 1.29 is 14.6 Å². The van der Waals surface area contributed by atoms with E-state index in [0.29, 0.717) is 46.8 Å². The summed E-state index contributed by atoms with van der Waals surface area (Å²) in [5, 5.41) is 10.2. The van der Waals surface area contributed by atoms with E-state index in [0.717, 1.165) is 18.8 Å². The number of esters is 1. The summed E-state index contributed by atoms with van der Waals surface area (Å²) in [7, 11) is 1.70. The summed E-state index contributed by atoms with van der Waals surface area (Å²) >= 11 is 0. The molecule has 4 aliphatic rings. The van der Waals surface area contributed by atoms with Gasteiger partial charge in [0, 0.05) is 12.0 Å². The summed E-state index contributed by atoms with van der Waals surface area (Å²) in [4.78, 5) is 12.2. The van der Waals surface area contributed by atoms with Gasteiger partial charge < -0.3 is 9.84 Å². The maximum atomic E-state index is 12.2. The average molecular weight is 466 g/mol. The Morgan fingerprint density at radius 2 is 1.59 bits per heavy atom. The van der Waals surface area contributed by atoms with E-state index in [1.165, 1.54) is 38.5 Å². The number of ether oxygens (including phenoxy) is 1. The molecule has 3 nitrogen and oxygen atoms in total. The molecule has 0 aromatic rings. The quantitative estimate of drug-likeness (QED) is 0.398. The molecule has 0 radical (unpaired) electrons. The molecular weight excluding hydrogens is 415 g/mol. The molecule has 0 bridgehead atoms. The van der Waals surface area contributed by atoms with Crippen LogP contribution in [0.5, 0.6) is 0 Å². The van der Waals surface area contributed by atoms with Crippen LogP contribution in [0.15, 0.2) is 0 Å². The van der Waals surface area contributed by atoms with Gasteiger partial charge in [-0.1, -0.05) is 48.5 Å². The van der Waals surface area contributed by atoms with Crippen LogP contribution in [0.2, 0.25) is 0 Å². The van der Waals surface area contributed by atoms with Crippen LogP contribution in [-0.4, -0.2) is 29.9 Å². The average Bonchev–Trinajstić information content (AvgIpc) is 2.74. The number of carbonyl (C=O) groups excluding carboxylic acids is 1. The van der Waals surface area contributed by atoms with Crippen molar-refractivity contribution in [3.05, 3.63) is 0 Å². The summed E-state index contributed by atoms with van der Waals surface area (Å²) in [6.45, 7) is 17.7. The standard InChI is InChI=1S/C28H49O3P/c1-18-19-8-9-21-26(5)12-11-22(31-23(30)16-32)24(2,3)20(26)10-13-28(21,7)27(19,6)15-14-25(18,4)17-29/h18-22,29H,8-17,32H2,1-7H3/p+1/t18-,19-,20+,21-,22+,25-,26+,27-,28-/m1/s1. The van der Waals surface area contributed by atoms with Crippen molar-refractivity contribution in [1.82, 2.24) is 0 Å². The third kappa shape index (κ3) is 3.22. The van der Waals surface area contributed by atoms with E-state index in [4.69, 9.17) is 4.74 Å². The van der Waals surface area contributed by atoms with Gasteiger partial charge in [0.2, 0.25) is 0 Å². The molecular formula is C28H50O3P+. The van der Waals surface area contributed by atoms with Crippen molar-refractivity contribution in [2.75, 3.05) is 12.8 Å². The third-order valence-corrected chi connectivity index (χ3v) is 13.0. The van der Waals surface area contributed by atoms with E-state index >= 15 is 0 Å². The van der Waals surface area contributed by atoms with Crippen molar-refractivity contribution in [3.63, 3.8) is 0 Å². The Morgan fingerprint density at radius 3 is 2.22 bits per heavy atom. The second-order valence-electron chi connectivity index (χ2n) is 13.9. The molecule has 0 aliphatic heterocycles. The molecule has 4 saturated carbocycles. The summed E-state index contributed by atoms with van der Waals surface area (Å²) < 4.78 is 6.01. The van der Waals surface area contributed by atoms with Crippen molar-refractivity contribution in [1.29, 1.82) is 0 Å². The first-order valence-electron chi connectivity index (χ1n) is 13.4. The fourth-order valence-corrected chi connectivity index (χ4v) is 10.2. The molecule has 0 aromatic heterocycles. The van der Waals surface area contributed by atoms with Crippen molar-refractivity contribution in [3.8, 4) is 0 Å². The third-order valence-electron chi connectivity index (χ3n) is 12.6. The topological polar surface area (TPSA) is 46.5 Å². The minimum Gasteiger partial charge on any atom is -0.459 e. The highest BCUT2D eigenvalue weighted by atomic mass is 31.0. The first-order valence-corrected chi connectivity index (χ1v) is 14.4. The predicted octanol–water partition coefficient (Wildman–Crippen LogP) is 6.21. The Bertz CT molecular complexity index is 751. The summed E-state index contributed by atoms with van der Waals surface area (Å²) in [6.07, 6.45) is 10.4. The largest absolute Gasteiger partial charge is 0.459 e. The Morgan fingerprint density at radius 1 is 0.906 bits per heavy atom. The molecule has 0 aromatic carbocycles. The van der Waals surface area contributed by atoms with Crippen LogP contribution in [0.1, 0.15) is 99.8 Å². The number of hydrogen-bond donors (Lipinski definition) is 1. The Labute approximate surface area is 199 Å². The lowest BCUT2D eigenvalue weighted by Gasteiger charge is -2.72. The van der Waals surface area contributed by atoms with Gasteiger partial charge in [-0.3, -0.25) is 0 Å². The van der Waals surface area contributed by atoms with Gasteiger partial charge in [0.05, 0.1) is 0 Å².